The number of hydrogen-bond acceptors (Lipinski definition) is 7. The zero-order valence-electron chi connectivity index (χ0n) is 17.7. The maximum Gasteiger partial charge on any atom is 0.262 e. The maximum atomic E-state index is 13.1. The second kappa shape index (κ2) is 10.1. The molecule has 2 saturated heterocycles. The Morgan fingerprint density at radius 1 is 1.03 bits per heavy atom. The molecule has 1 aromatic rings. The molecule has 32 heavy (non-hydrogen) atoms. The Morgan fingerprint density at radius 3 is 2.34 bits per heavy atom. The summed E-state index contributed by atoms with van der Waals surface area (Å²) in [5.74, 6) is -1.75. The van der Waals surface area contributed by atoms with Crippen molar-refractivity contribution in [2.75, 3.05) is 32.1 Å². The first-order chi connectivity index (χ1) is 15.5. The molecule has 4 rings (SSSR count). The van der Waals surface area contributed by atoms with E-state index in [1.807, 2.05) is 0 Å². The molecule has 0 spiro atoms. The van der Waals surface area contributed by atoms with Gasteiger partial charge in [0, 0.05) is 19.5 Å². The highest BCUT2D eigenvalue weighted by atomic mass is 32.2. The average molecular weight is 475 g/mol. The predicted molar refractivity (Wildman–Crippen MR) is 125 cm³/mol. The third-order valence-electron chi connectivity index (χ3n) is 6.09. The van der Waals surface area contributed by atoms with E-state index in [9.17, 15) is 19.2 Å². The van der Waals surface area contributed by atoms with Gasteiger partial charge in [-0.25, -0.2) is 0 Å². The number of nitrogens with zero attached hydrogens (tertiary/aromatic N) is 3. The number of carbonyl (C=O) groups excluding carboxylic acids is 4. The van der Waals surface area contributed by atoms with E-state index in [-0.39, 0.29) is 24.6 Å². The number of likely N-dealkylation sites (tertiary alicyclic amines) is 2. The number of thiocarbonyl (C=S) groups is 1. The molecule has 8 nitrogen and oxygen atoms in total. The van der Waals surface area contributed by atoms with Crippen LogP contribution >= 0.6 is 24.0 Å². The molecule has 0 radical (unpaired) electrons. The number of carbonyl (C=O) groups is 4. The lowest BCUT2D eigenvalue weighted by Gasteiger charge is -2.34. The third kappa shape index (κ3) is 4.72. The van der Waals surface area contributed by atoms with Gasteiger partial charge in [0.1, 0.15) is 10.4 Å². The normalized spacial score (nSPS) is 21.8. The molecule has 10 heteroatoms. The molecule has 3 aliphatic rings. The van der Waals surface area contributed by atoms with E-state index in [4.69, 9.17) is 12.2 Å². The third-order valence-corrected chi connectivity index (χ3v) is 7.38. The van der Waals surface area contributed by atoms with Gasteiger partial charge < -0.3 is 10.2 Å². The van der Waals surface area contributed by atoms with Crippen LogP contribution in [0, 0.1) is 0 Å². The topological polar surface area (TPSA) is 90.0 Å². The minimum atomic E-state index is -0.971. The molecule has 0 aliphatic carbocycles. The molecule has 3 heterocycles. The van der Waals surface area contributed by atoms with Crippen LogP contribution < -0.4 is 5.32 Å². The van der Waals surface area contributed by atoms with Gasteiger partial charge in [-0.05, 0) is 44.5 Å². The van der Waals surface area contributed by atoms with Crippen molar-refractivity contribution >= 4 is 51.9 Å². The second-order valence-corrected chi connectivity index (χ2v) is 9.75. The summed E-state index contributed by atoms with van der Waals surface area (Å²) in [5, 5.41) is 3.18. The van der Waals surface area contributed by atoms with Crippen LogP contribution in [0.2, 0.25) is 0 Å². The van der Waals surface area contributed by atoms with E-state index in [1.54, 1.807) is 24.3 Å². The molecule has 0 saturated carbocycles. The Bertz CT molecular complexity index is 913. The fraction of sp³-hybridized carbons (Fsp3) is 0.500. The van der Waals surface area contributed by atoms with Gasteiger partial charge in [0.25, 0.3) is 17.7 Å². The van der Waals surface area contributed by atoms with Gasteiger partial charge in [-0.15, -0.1) is 0 Å². The van der Waals surface area contributed by atoms with Crippen molar-refractivity contribution in [3.8, 4) is 0 Å². The highest BCUT2D eigenvalue weighted by Crippen LogP contribution is 2.29. The minimum Gasteiger partial charge on any atom is -0.370 e. The maximum absolute atomic E-state index is 13.1. The van der Waals surface area contributed by atoms with E-state index in [0.717, 1.165) is 29.4 Å². The van der Waals surface area contributed by atoms with E-state index < -0.39 is 23.8 Å². The monoisotopic (exact) mass is 474 g/mol. The highest BCUT2D eigenvalue weighted by molar-refractivity contribution is 8.22. The van der Waals surface area contributed by atoms with Gasteiger partial charge in [0.05, 0.1) is 17.0 Å². The van der Waals surface area contributed by atoms with Crippen LogP contribution in [0.3, 0.4) is 0 Å². The van der Waals surface area contributed by atoms with Crippen LogP contribution in [0.25, 0.3) is 0 Å². The molecule has 4 amide bonds. The number of imide groups is 2. The Kier molecular flexibility index (Phi) is 7.22. The summed E-state index contributed by atoms with van der Waals surface area (Å²) in [6.45, 7) is 3.84. The van der Waals surface area contributed by atoms with Crippen LogP contribution in [0.1, 0.15) is 52.8 Å². The first-order valence-electron chi connectivity index (χ1n) is 10.9. The van der Waals surface area contributed by atoms with Crippen molar-refractivity contribution in [1.29, 1.82) is 0 Å². The number of amides is 4. The lowest BCUT2D eigenvalue weighted by molar-refractivity contribution is -0.150. The lowest BCUT2D eigenvalue weighted by Crippen LogP contribution is -2.56. The number of thioether (sulfide) groups is 1. The predicted octanol–water partition coefficient (Wildman–Crippen LogP) is 1.85. The summed E-state index contributed by atoms with van der Waals surface area (Å²) < 4.78 is 0.519. The second-order valence-electron chi connectivity index (χ2n) is 8.13. The van der Waals surface area contributed by atoms with Gasteiger partial charge in [-0.1, -0.05) is 42.5 Å². The number of nitrogens with one attached hydrogen (secondary N) is 1. The molecule has 1 aromatic carbocycles. The molecule has 1 N–H and O–H groups in total. The van der Waals surface area contributed by atoms with E-state index in [0.29, 0.717) is 22.0 Å². The van der Waals surface area contributed by atoms with Crippen molar-refractivity contribution in [1.82, 2.24) is 20.0 Å². The zero-order valence-corrected chi connectivity index (χ0v) is 19.4. The number of fused-ring (bicyclic) bond motifs is 1. The molecule has 170 valence electrons. The summed E-state index contributed by atoms with van der Waals surface area (Å²) >= 11 is 6.56. The van der Waals surface area contributed by atoms with Gasteiger partial charge in [-0.2, -0.15) is 0 Å². The largest absolute Gasteiger partial charge is 0.370 e. The summed E-state index contributed by atoms with van der Waals surface area (Å²) in [7, 11) is 0. The van der Waals surface area contributed by atoms with Crippen molar-refractivity contribution in [3.63, 3.8) is 0 Å². The minimum absolute atomic E-state index is 0.0624. The Labute approximate surface area is 196 Å². The van der Waals surface area contributed by atoms with Crippen LogP contribution in [-0.2, 0) is 9.59 Å². The number of hydrogen-bond donors (Lipinski definition) is 1. The Hall–Kier alpha value is -2.30. The smallest absolute Gasteiger partial charge is 0.262 e. The van der Waals surface area contributed by atoms with Crippen LogP contribution in [-0.4, -0.2) is 80.7 Å². The van der Waals surface area contributed by atoms with Crippen molar-refractivity contribution < 1.29 is 19.2 Å². The van der Waals surface area contributed by atoms with Crippen molar-refractivity contribution in [2.24, 2.45) is 0 Å². The number of rotatable bonds is 6. The van der Waals surface area contributed by atoms with Crippen molar-refractivity contribution in [3.05, 3.63) is 35.4 Å². The number of piperidine rings is 2. The summed E-state index contributed by atoms with van der Waals surface area (Å²) in [6, 6.07) is 5.55. The fourth-order valence-corrected chi connectivity index (χ4v) is 5.34. The first kappa shape index (κ1) is 22.9. The summed E-state index contributed by atoms with van der Waals surface area (Å²) in [4.78, 5) is 55.5. The lowest BCUT2D eigenvalue weighted by atomic mass is 10.0. The van der Waals surface area contributed by atoms with Crippen LogP contribution in [0.5, 0.6) is 0 Å². The van der Waals surface area contributed by atoms with Gasteiger partial charge in [0.15, 0.2) is 0 Å². The van der Waals surface area contributed by atoms with Crippen LogP contribution in [0.4, 0.5) is 0 Å². The van der Waals surface area contributed by atoms with E-state index in [2.05, 4.69) is 10.2 Å². The summed E-state index contributed by atoms with van der Waals surface area (Å²) in [6.07, 6.45) is 3.99. The Morgan fingerprint density at radius 2 is 1.69 bits per heavy atom. The molecule has 0 aromatic heterocycles. The Balaban J connectivity index is 1.32. The molecular formula is C22H26N4O4S2. The standard InChI is InChI=1S/C22H26N4O4S2/c27-18-9-8-17(26-19(28)15-6-2-3-7-16(15)20(26)29)21(30)25(18)14-32-22(31)23-10-13-24-11-4-1-5-12-24/h2-3,6-7,17H,1,4-5,8-14H2,(H,23,31). The number of benzene rings is 1. The zero-order chi connectivity index (χ0) is 22.7. The highest BCUT2D eigenvalue weighted by Gasteiger charge is 2.46. The quantitative estimate of drug-likeness (QED) is 0.494. The summed E-state index contributed by atoms with van der Waals surface area (Å²) in [5.41, 5.74) is 0.587. The molecule has 1 atom stereocenters. The van der Waals surface area contributed by atoms with E-state index in [1.165, 1.54) is 31.0 Å². The fourth-order valence-electron chi connectivity index (χ4n) is 4.36. The molecular weight excluding hydrogens is 448 g/mol. The SMILES string of the molecule is O=C1CCC(N2C(=O)c3ccccc3C2=O)C(=O)N1CSC(=S)NCCN1CCCCC1. The van der Waals surface area contributed by atoms with Gasteiger partial charge >= 0.3 is 0 Å². The van der Waals surface area contributed by atoms with E-state index >= 15 is 0 Å². The first-order valence-corrected chi connectivity index (χ1v) is 12.3. The van der Waals surface area contributed by atoms with Crippen LogP contribution in [0.15, 0.2) is 24.3 Å². The molecule has 0 bridgehead atoms. The van der Waals surface area contributed by atoms with Gasteiger partial charge in [0.2, 0.25) is 5.91 Å². The molecule has 1 unspecified atom stereocenters. The molecule has 2 fully saturated rings. The molecule has 3 aliphatic heterocycles. The average Bonchev–Trinajstić information content (AvgIpc) is 3.05. The van der Waals surface area contributed by atoms with Gasteiger partial charge in [-0.3, -0.25) is 29.0 Å². The van der Waals surface area contributed by atoms with Crippen molar-refractivity contribution in [2.45, 2.75) is 38.1 Å².